The minimum atomic E-state index is -1.34. The Balaban J connectivity index is 1.87. The quantitative estimate of drug-likeness (QED) is 0.740. The maximum atomic E-state index is 12.5. The van der Waals surface area contributed by atoms with Crippen molar-refractivity contribution < 1.29 is 24.6 Å². The van der Waals surface area contributed by atoms with Crippen molar-refractivity contribution in [2.45, 2.75) is 12.5 Å². The lowest BCUT2D eigenvalue weighted by Crippen LogP contribution is -2.34. The van der Waals surface area contributed by atoms with Gasteiger partial charge < -0.3 is 15.5 Å². The smallest absolute Gasteiger partial charge is 0.339 e. The molecule has 0 aromatic heterocycles. The summed E-state index contributed by atoms with van der Waals surface area (Å²) in [6.45, 7) is 0. The number of aromatic hydroxyl groups is 1. The number of phenols is 1. The summed E-state index contributed by atoms with van der Waals surface area (Å²) in [6.07, 6.45) is -0.0307. The Hall–Kier alpha value is -3.35. The van der Waals surface area contributed by atoms with Crippen LogP contribution in [0.3, 0.4) is 0 Å². The number of rotatable bonds is 4. The molecular weight excluding hydrogens is 312 g/mol. The molecule has 24 heavy (non-hydrogen) atoms. The second kappa shape index (κ2) is 6.04. The summed E-state index contributed by atoms with van der Waals surface area (Å²) in [7, 11) is 0. The van der Waals surface area contributed by atoms with Crippen LogP contribution in [0.4, 0.5) is 11.4 Å². The molecule has 0 radical (unpaired) electrons. The molecule has 7 heteroatoms. The molecule has 3 rings (SSSR count). The molecule has 1 unspecified atom stereocenters. The van der Waals surface area contributed by atoms with Gasteiger partial charge in [-0.25, -0.2) is 9.69 Å². The Kier molecular flexibility index (Phi) is 3.91. The van der Waals surface area contributed by atoms with Gasteiger partial charge in [-0.2, -0.15) is 0 Å². The molecule has 122 valence electrons. The molecule has 1 heterocycles. The fourth-order valence-corrected chi connectivity index (χ4v) is 2.59. The van der Waals surface area contributed by atoms with Crippen molar-refractivity contribution in [2.75, 3.05) is 10.2 Å². The highest BCUT2D eigenvalue weighted by Gasteiger charge is 2.39. The van der Waals surface area contributed by atoms with E-state index in [1.54, 1.807) is 24.3 Å². The molecule has 0 bridgehead atoms. The summed E-state index contributed by atoms with van der Waals surface area (Å²) in [5.41, 5.74) is 0.465. The van der Waals surface area contributed by atoms with E-state index in [-0.39, 0.29) is 17.7 Å². The lowest BCUT2D eigenvalue weighted by molar-refractivity contribution is -0.121. The first-order valence-electron chi connectivity index (χ1n) is 7.22. The first-order valence-corrected chi connectivity index (χ1v) is 7.22. The van der Waals surface area contributed by atoms with Crippen LogP contribution in [0, 0.1) is 0 Å². The molecule has 1 aliphatic heterocycles. The van der Waals surface area contributed by atoms with Crippen LogP contribution in [-0.4, -0.2) is 34.0 Å². The number of carbonyl (C=O) groups excluding carboxylic acids is 2. The van der Waals surface area contributed by atoms with Crippen molar-refractivity contribution in [1.82, 2.24) is 0 Å². The van der Waals surface area contributed by atoms with E-state index in [1.807, 2.05) is 6.07 Å². The highest BCUT2D eigenvalue weighted by molar-refractivity contribution is 6.23. The number of para-hydroxylation sites is 1. The molecule has 0 spiro atoms. The maximum absolute atomic E-state index is 12.5. The Morgan fingerprint density at radius 1 is 1.12 bits per heavy atom. The second-order valence-electron chi connectivity index (χ2n) is 5.34. The number of nitrogens with zero attached hydrogens (tertiary/aromatic N) is 1. The average Bonchev–Trinajstić information content (AvgIpc) is 2.83. The SMILES string of the molecule is O=C(O)c1cc(N2C(=O)CC(Nc3ccccc3)C2=O)ccc1O. The van der Waals surface area contributed by atoms with Crippen molar-refractivity contribution >= 4 is 29.2 Å². The zero-order valence-corrected chi connectivity index (χ0v) is 12.5. The number of aromatic carboxylic acids is 1. The number of carboxylic acids is 1. The predicted octanol–water partition coefficient (Wildman–Crippen LogP) is 1.83. The zero-order valence-electron chi connectivity index (χ0n) is 12.5. The van der Waals surface area contributed by atoms with Gasteiger partial charge in [0.05, 0.1) is 12.1 Å². The number of amides is 2. The van der Waals surface area contributed by atoms with E-state index >= 15 is 0 Å². The number of imide groups is 1. The highest BCUT2D eigenvalue weighted by Crippen LogP contribution is 2.29. The van der Waals surface area contributed by atoms with E-state index in [2.05, 4.69) is 5.32 Å². The van der Waals surface area contributed by atoms with Gasteiger partial charge in [-0.3, -0.25) is 9.59 Å². The average molecular weight is 326 g/mol. The van der Waals surface area contributed by atoms with Gasteiger partial charge in [0.15, 0.2) is 0 Å². The molecular formula is C17H14N2O5. The highest BCUT2D eigenvalue weighted by atomic mass is 16.4. The van der Waals surface area contributed by atoms with Gasteiger partial charge in [0, 0.05) is 5.69 Å². The van der Waals surface area contributed by atoms with Crippen LogP contribution >= 0.6 is 0 Å². The van der Waals surface area contributed by atoms with Crippen LogP contribution in [0.2, 0.25) is 0 Å². The van der Waals surface area contributed by atoms with Crippen LogP contribution in [0.5, 0.6) is 5.75 Å². The molecule has 2 amide bonds. The number of carboxylic acid groups (broad SMARTS) is 1. The van der Waals surface area contributed by atoms with Crippen molar-refractivity contribution in [3.05, 3.63) is 54.1 Å². The number of anilines is 2. The van der Waals surface area contributed by atoms with E-state index in [0.29, 0.717) is 5.69 Å². The zero-order chi connectivity index (χ0) is 17.3. The van der Waals surface area contributed by atoms with Crippen LogP contribution in [0.25, 0.3) is 0 Å². The Morgan fingerprint density at radius 3 is 2.50 bits per heavy atom. The van der Waals surface area contributed by atoms with E-state index in [4.69, 9.17) is 5.11 Å². The lowest BCUT2D eigenvalue weighted by Gasteiger charge is -2.17. The Bertz CT molecular complexity index is 819. The van der Waals surface area contributed by atoms with E-state index in [9.17, 15) is 19.5 Å². The van der Waals surface area contributed by atoms with Crippen LogP contribution in [0.15, 0.2) is 48.5 Å². The molecule has 1 aliphatic rings. The lowest BCUT2D eigenvalue weighted by atomic mass is 10.1. The standard InChI is InChI=1S/C17H14N2O5/c20-14-7-6-11(8-12(14)17(23)24)19-15(21)9-13(16(19)22)18-10-4-2-1-3-5-10/h1-8,13,18,20H,9H2,(H,23,24). The van der Waals surface area contributed by atoms with Crippen LogP contribution in [0.1, 0.15) is 16.8 Å². The third kappa shape index (κ3) is 2.79. The first kappa shape index (κ1) is 15.5. The minimum Gasteiger partial charge on any atom is -0.507 e. The minimum absolute atomic E-state index is 0.0307. The molecule has 0 aliphatic carbocycles. The second-order valence-corrected chi connectivity index (χ2v) is 5.34. The summed E-state index contributed by atoms with van der Waals surface area (Å²) < 4.78 is 0. The van der Waals surface area contributed by atoms with Crippen molar-refractivity contribution in [1.29, 1.82) is 0 Å². The van der Waals surface area contributed by atoms with Gasteiger partial charge in [0.1, 0.15) is 17.4 Å². The fraction of sp³-hybridized carbons (Fsp3) is 0.118. The van der Waals surface area contributed by atoms with Gasteiger partial charge in [-0.05, 0) is 30.3 Å². The molecule has 2 aromatic rings. The molecule has 7 nitrogen and oxygen atoms in total. The molecule has 1 saturated heterocycles. The number of hydrogen-bond donors (Lipinski definition) is 3. The molecule has 0 saturated carbocycles. The predicted molar refractivity (Wildman–Crippen MR) is 86.0 cm³/mol. The topological polar surface area (TPSA) is 107 Å². The van der Waals surface area contributed by atoms with Crippen LogP contribution in [-0.2, 0) is 9.59 Å². The number of nitrogens with one attached hydrogen (secondary N) is 1. The first-order chi connectivity index (χ1) is 11.5. The van der Waals surface area contributed by atoms with Gasteiger partial charge in [0.25, 0.3) is 5.91 Å². The summed E-state index contributed by atoms with van der Waals surface area (Å²) >= 11 is 0. The Labute approximate surface area is 137 Å². The Morgan fingerprint density at radius 2 is 1.83 bits per heavy atom. The monoisotopic (exact) mass is 326 g/mol. The summed E-state index contributed by atoms with van der Waals surface area (Å²) in [6, 6.07) is 11.9. The number of hydrogen-bond acceptors (Lipinski definition) is 5. The van der Waals surface area contributed by atoms with E-state index < -0.39 is 29.6 Å². The van der Waals surface area contributed by atoms with Crippen molar-refractivity contribution in [3.63, 3.8) is 0 Å². The number of benzene rings is 2. The van der Waals surface area contributed by atoms with Gasteiger partial charge in [0.2, 0.25) is 5.91 Å². The third-order valence-electron chi connectivity index (χ3n) is 3.73. The fourth-order valence-electron chi connectivity index (χ4n) is 2.59. The third-order valence-corrected chi connectivity index (χ3v) is 3.73. The van der Waals surface area contributed by atoms with Crippen LogP contribution < -0.4 is 10.2 Å². The molecule has 3 N–H and O–H groups in total. The molecule has 1 fully saturated rings. The summed E-state index contributed by atoms with van der Waals surface area (Å²) in [5.74, 6) is -2.67. The van der Waals surface area contributed by atoms with Gasteiger partial charge in [-0.15, -0.1) is 0 Å². The van der Waals surface area contributed by atoms with Gasteiger partial charge in [-0.1, -0.05) is 18.2 Å². The summed E-state index contributed by atoms with van der Waals surface area (Å²) in [5, 5.41) is 21.6. The van der Waals surface area contributed by atoms with Crippen molar-refractivity contribution in [2.24, 2.45) is 0 Å². The molecule has 1 atom stereocenters. The summed E-state index contributed by atoms with van der Waals surface area (Å²) in [4.78, 5) is 36.8. The largest absolute Gasteiger partial charge is 0.507 e. The van der Waals surface area contributed by atoms with E-state index in [1.165, 1.54) is 6.07 Å². The van der Waals surface area contributed by atoms with Crippen molar-refractivity contribution in [3.8, 4) is 5.75 Å². The molecule has 2 aromatic carbocycles. The van der Waals surface area contributed by atoms with Gasteiger partial charge >= 0.3 is 5.97 Å². The maximum Gasteiger partial charge on any atom is 0.339 e. The van der Waals surface area contributed by atoms with E-state index in [0.717, 1.165) is 17.0 Å². The normalized spacial score (nSPS) is 17.2. The number of carbonyl (C=O) groups is 3.